The topological polar surface area (TPSA) is 89.6 Å². The minimum atomic E-state index is -3.53. The van der Waals surface area contributed by atoms with Gasteiger partial charge in [0.2, 0.25) is 10.0 Å². The van der Waals surface area contributed by atoms with E-state index >= 15 is 0 Å². The number of hydrogen-bond donors (Lipinski definition) is 1. The fourth-order valence-corrected chi connectivity index (χ4v) is 6.05. The van der Waals surface area contributed by atoms with E-state index in [2.05, 4.69) is 39.1 Å². The number of aromatic nitrogens is 2. The second-order valence-corrected chi connectivity index (χ2v) is 10.4. The number of carbonyl (C=O) groups is 1. The number of sulfonamides is 1. The number of amides is 1. The molecule has 3 aromatic rings. The Morgan fingerprint density at radius 3 is 2.53 bits per heavy atom. The second-order valence-electron chi connectivity index (χ2n) is 8.42. The summed E-state index contributed by atoms with van der Waals surface area (Å²) in [5.74, 6) is -0.153. The van der Waals surface area contributed by atoms with Crippen LogP contribution in [0, 0.1) is 0 Å². The number of hydrogen-bond acceptors (Lipinski definition) is 5. The number of aromatic amines is 1. The van der Waals surface area contributed by atoms with Gasteiger partial charge < -0.3 is 9.88 Å². The predicted octanol–water partition coefficient (Wildman–Crippen LogP) is 2.31. The summed E-state index contributed by atoms with van der Waals surface area (Å²) < 4.78 is 26.9. The van der Waals surface area contributed by atoms with Gasteiger partial charge >= 0.3 is 0 Å². The van der Waals surface area contributed by atoms with Crippen LogP contribution in [0.1, 0.15) is 28.9 Å². The third-order valence-electron chi connectivity index (χ3n) is 6.36. The van der Waals surface area contributed by atoms with Crippen molar-refractivity contribution in [1.29, 1.82) is 0 Å². The Balaban J connectivity index is 1.22. The van der Waals surface area contributed by atoms with Crippen molar-refractivity contribution in [3.8, 4) is 0 Å². The number of para-hydroxylation sites is 1. The Bertz CT molecular complexity index is 1220. The number of nitrogens with one attached hydrogen (secondary N) is 1. The summed E-state index contributed by atoms with van der Waals surface area (Å²) in [6, 6.07) is 11.7. The highest BCUT2D eigenvalue weighted by molar-refractivity contribution is 7.89. The molecule has 0 unspecified atom stereocenters. The Morgan fingerprint density at radius 2 is 1.75 bits per heavy atom. The Labute approximate surface area is 187 Å². The normalized spacial score (nSPS) is 18.4. The lowest BCUT2D eigenvalue weighted by molar-refractivity contribution is 0.0623. The summed E-state index contributed by atoms with van der Waals surface area (Å²) in [6.07, 6.45) is 5.02. The van der Waals surface area contributed by atoms with Crippen molar-refractivity contribution < 1.29 is 13.2 Å². The molecule has 2 fully saturated rings. The molecule has 4 heterocycles. The number of pyridine rings is 1. The van der Waals surface area contributed by atoms with E-state index in [1.807, 2.05) is 12.3 Å². The zero-order chi connectivity index (χ0) is 22.1. The molecule has 0 atom stereocenters. The summed E-state index contributed by atoms with van der Waals surface area (Å²) in [6.45, 7) is 4.60. The minimum Gasteiger partial charge on any atom is -0.356 e. The lowest BCUT2D eigenvalue weighted by atomic mass is 10.1. The molecule has 5 rings (SSSR count). The number of fused-ring (bicyclic) bond motifs is 1. The van der Waals surface area contributed by atoms with Gasteiger partial charge in [-0.2, -0.15) is 4.31 Å². The maximum atomic E-state index is 13.0. The summed E-state index contributed by atoms with van der Waals surface area (Å²) >= 11 is 0. The monoisotopic (exact) mass is 453 g/mol. The first-order valence-electron chi connectivity index (χ1n) is 11.1. The summed E-state index contributed by atoms with van der Waals surface area (Å²) in [5, 5.41) is 1.13. The van der Waals surface area contributed by atoms with Crippen molar-refractivity contribution >= 4 is 26.8 Å². The van der Waals surface area contributed by atoms with E-state index in [4.69, 9.17) is 0 Å². The highest BCUT2D eigenvalue weighted by Crippen LogP contribution is 2.23. The molecule has 9 heteroatoms. The lowest BCUT2D eigenvalue weighted by Gasteiger charge is -2.34. The molecule has 1 aromatic carbocycles. The van der Waals surface area contributed by atoms with Gasteiger partial charge in [-0.05, 0) is 30.5 Å². The highest BCUT2D eigenvalue weighted by atomic mass is 32.2. The van der Waals surface area contributed by atoms with E-state index < -0.39 is 10.0 Å². The number of piperazine rings is 1. The predicted molar refractivity (Wildman–Crippen MR) is 122 cm³/mol. The van der Waals surface area contributed by atoms with Crippen molar-refractivity contribution in [1.82, 2.24) is 24.1 Å². The molecule has 2 saturated heterocycles. The largest absolute Gasteiger partial charge is 0.356 e. The number of nitrogens with zero attached hydrogens (tertiary/aromatic N) is 4. The molecule has 2 aliphatic rings. The zero-order valence-corrected chi connectivity index (χ0v) is 18.7. The van der Waals surface area contributed by atoms with Gasteiger partial charge in [-0.25, -0.2) is 8.42 Å². The summed E-state index contributed by atoms with van der Waals surface area (Å²) in [7, 11) is -3.53. The van der Waals surface area contributed by atoms with Gasteiger partial charge in [0.25, 0.3) is 5.91 Å². The van der Waals surface area contributed by atoms with Crippen LogP contribution in [0.15, 0.2) is 53.7 Å². The van der Waals surface area contributed by atoms with Crippen LogP contribution in [0.3, 0.4) is 0 Å². The number of benzene rings is 1. The van der Waals surface area contributed by atoms with Gasteiger partial charge in [-0.1, -0.05) is 24.3 Å². The van der Waals surface area contributed by atoms with E-state index in [0.717, 1.165) is 43.4 Å². The molecule has 2 aromatic heterocycles. The van der Waals surface area contributed by atoms with Crippen LogP contribution < -0.4 is 0 Å². The smallest absolute Gasteiger partial charge is 0.270 e. The minimum absolute atomic E-state index is 0.153. The molecular weight excluding hydrogens is 426 g/mol. The first-order valence-corrected chi connectivity index (χ1v) is 12.5. The third-order valence-corrected chi connectivity index (χ3v) is 8.24. The second kappa shape index (κ2) is 8.65. The van der Waals surface area contributed by atoms with Crippen molar-refractivity contribution in [3.63, 3.8) is 0 Å². The Morgan fingerprint density at radius 1 is 1.00 bits per heavy atom. The average molecular weight is 454 g/mol. The molecule has 32 heavy (non-hydrogen) atoms. The van der Waals surface area contributed by atoms with Crippen LogP contribution in [0.4, 0.5) is 0 Å². The lowest BCUT2D eigenvalue weighted by Crippen LogP contribution is -2.48. The van der Waals surface area contributed by atoms with E-state index in [1.165, 1.54) is 22.1 Å². The van der Waals surface area contributed by atoms with Crippen LogP contribution in [0.2, 0.25) is 0 Å². The van der Waals surface area contributed by atoms with Gasteiger partial charge in [0.1, 0.15) is 10.6 Å². The molecule has 2 aliphatic heterocycles. The number of H-pyrrole nitrogens is 1. The molecule has 168 valence electrons. The van der Waals surface area contributed by atoms with Crippen molar-refractivity contribution in [3.05, 3.63) is 60.0 Å². The van der Waals surface area contributed by atoms with E-state index in [1.54, 1.807) is 4.90 Å². The molecule has 0 aliphatic carbocycles. The maximum Gasteiger partial charge on any atom is 0.270 e. The fraction of sp³-hybridized carbons (Fsp3) is 0.391. The Hall–Kier alpha value is -2.75. The molecular formula is C23H27N5O3S. The highest BCUT2D eigenvalue weighted by Gasteiger charge is 2.30. The molecule has 0 saturated carbocycles. The first kappa shape index (κ1) is 21.1. The Kier molecular flexibility index (Phi) is 5.71. The standard InChI is InChI=1S/C23H27N5O3S/c29-23(21-15-20(16-25-21)32(30,31)28-9-1-2-10-28)27-13-11-26(12-14-27)17-19-6-3-5-18-7-4-8-24-22(18)19/h3-8,15-16,25H,1-2,9-14,17H2. The van der Waals surface area contributed by atoms with Crippen LogP contribution in [-0.2, 0) is 16.6 Å². The van der Waals surface area contributed by atoms with Crippen molar-refractivity contribution in [2.75, 3.05) is 39.3 Å². The SMILES string of the molecule is O=C(c1cc(S(=O)(=O)N2CCCC2)c[nH]1)N1CCN(Cc2cccc3cccnc23)CC1. The van der Waals surface area contributed by atoms with E-state index in [9.17, 15) is 13.2 Å². The molecule has 0 radical (unpaired) electrons. The molecule has 0 bridgehead atoms. The fourth-order valence-electron chi connectivity index (χ4n) is 4.54. The van der Waals surface area contributed by atoms with Gasteiger partial charge in [0.05, 0.1) is 5.52 Å². The van der Waals surface area contributed by atoms with Crippen LogP contribution >= 0.6 is 0 Å². The maximum absolute atomic E-state index is 13.0. The van der Waals surface area contributed by atoms with Crippen molar-refractivity contribution in [2.45, 2.75) is 24.3 Å². The van der Waals surface area contributed by atoms with E-state index in [0.29, 0.717) is 31.9 Å². The number of rotatable bonds is 5. The quantitative estimate of drug-likeness (QED) is 0.640. The van der Waals surface area contributed by atoms with Gasteiger partial charge in [0, 0.05) is 63.6 Å². The van der Waals surface area contributed by atoms with Crippen molar-refractivity contribution in [2.24, 2.45) is 0 Å². The van der Waals surface area contributed by atoms with Gasteiger partial charge in [-0.3, -0.25) is 14.7 Å². The zero-order valence-electron chi connectivity index (χ0n) is 17.9. The molecule has 1 N–H and O–H groups in total. The average Bonchev–Trinajstić information content (AvgIpc) is 3.53. The molecule has 1 amide bonds. The van der Waals surface area contributed by atoms with Gasteiger partial charge in [-0.15, -0.1) is 0 Å². The summed E-state index contributed by atoms with van der Waals surface area (Å²) in [5.41, 5.74) is 2.53. The van der Waals surface area contributed by atoms with E-state index in [-0.39, 0.29) is 10.8 Å². The van der Waals surface area contributed by atoms with Gasteiger partial charge in [0.15, 0.2) is 0 Å². The van der Waals surface area contributed by atoms with Crippen LogP contribution in [0.25, 0.3) is 10.9 Å². The summed E-state index contributed by atoms with van der Waals surface area (Å²) in [4.78, 5) is 24.7. The first-order chi connectivity index (χ1) is 15.5. The van der Waals surface area contributed by atoms with Crippen LogP contribution in [-0.4, -0.2) is 77.7 Å². The third kappa shape index (κ3) is 4.03. The molecule has 0 spiro atoms. The number of carbonyl (C=O) groups excluding carboxylic acids is 1. The molecule has 8 nitrogen and oxygen atoms in total. The van der Waals surface area contributed by atoms with Crippen LogP contribution in [0.5, 0.6) is 0 Å².